The first-order valence-electron chi connectivity index (χ1n) is 5.24. The SMILES string of the molecule is NC(=S)c1cc(F)ccc1NC(=O)c1cc(Cl)sc1Cl. The molecule has 0 atom stereocenters. The van der Waals surface area contributed by atoms with Crippen molar-refractivity contribution in [2.24, 2.45) is 5.73 Å². The first-order chi connectivity index (χ1) is 9.38. The standard InChI is InChI=1S/C12H7Cl2FN2OS2/c13-9-4-7(10(14)20-9)12(18)17-8-2-1-5(15)3-6(8)11(16)19/h1-4H,(H2,16,19)(H,17,18). The number of anilines is 1. The van der Waals surface area contributed by atoms with E-state index in [9.17, 15) is 9.18 Å². The molecule has 3 N–H and O–H groups in total. The molecule has 0 aliphatic heterocycles. The lowest BCUT2D eigenvalue weighted by Crippen LogP contribution is -2.17. The second-order valence-electron chi connectivity index (χ2n) is 3.75. The maximum atomic E-state index is 13.2. The molecule has 8 heteroatoms. The predicted octanol–water partition coefficient (Wildman–Crippen LogP) is 4.08. The van der Waals surface area contributed by atoms with Crippen molar-refractivity contribution in [3.05, 3.63) is 49.9 Å². The van der Waals surface area contributed by atoms with Crippen LogP contribution in [-0.2, 0) is 0 Å². The summed E-state index contributed by atoms with van der Waals surface area (Å²) in [5.41, 5.74) is 6.29. The minimum atomic E-state index is -0.498. The summed E-state index contributed by atoms with van der Waals surface area (Å²) in [7, 11) is 0. The number of carbonyl (C=O) groups excluding carboxylic acids is 1. The zero-order valence-corrected chi connectivity index (χ0v) is 12.9. The molecule has 2 aromatic rings. The Morgan fingerprint density at radius 1 is 1.30 bits per heavy atom. The predicted molar refractivity (Wildman–Crippen MR) is 84.6 cm³/mol. The molecule has 1 aromatic carbocycles. The molecular formula is C12H7Cl2FN2OS2. The van der Waals surface area contributed by atoms with E-state index in [1.807, 2.05) is 0 Å². The highest BCUT2D eigenvalue weighted by molar-refractivity contribution is 7.80. The first-order valence-corrected chi connectivity index (χ1v) is 7.22. The molecule has 0 aliphatic carbocycles. The first kappa shape index (κ1) is 15.2. The average Bonchev–Trinajstić information content (AvgIpc) is 2.70. The maximum absolute atomic E-state index is 13.2. The summed E-state index contributed by atoms with van der Waals surface area (Å²) in [5, 5.41) is 2.58. The van der Waals surface area contributed by atoms with E-state index in [4.69, 9.17) is 41.2 Å². The van der Waals surface area contributed by atoms with Crippen LogP contribution in [0, 0.1) is 5.82 Å². The van der Waals surface area contributed by atoms with Crippen LogP contribution in [0.5, 0.6) is 0 Å². The van der Waals surface area contributed by atoms with E-state index in [1.165, 1.54) is 18.2 Å². The van der Waals surface area contributed by atoms with Crippen LogP contribution in [0.25, 0.3) is 0 Å². The molecule has 1 aromatic heterocycles. The fraction of sp³-hybridized carbons (Fsp3) is 0. The van der Waals surface area contributed by atoms with E-state index in [0.29, 0.717) is 10.0 Å². The van der Waals surface area contributed by atoms with E-state index < -0.39 is 11.7 Å². The van der Waals surface area contributed by atoms with Crippen molar-refractivity contribution in [1.29, 1.82) is 0 Å². The molecule has 3 nitrogen and oxygen atoms in total. The lowest BCUT2D eigenvalue weighted by molar-refractivity contribution is 0.102. The summed E-state index contributed by atoms with van der Waals surface area (Å²) in [6.45, 7) is 0. The second-order valence-corrected chi connectivity index (χ2v) is 6.47. The van der Waals surface area contributed by atoms with Crippen molar-refractivity contribution in [2.75, 3.05) is 5.32 Å². The van der Waals surface area contributed by atoms with Gasteiger partial charge in [0, 0.05) is 5.56 Å². The minimum Gasteiger partial charge on any atom is -0.389 e. The third-order valence-electron chi connectivity index (χ3n) is 2.40. The summed E-state index contributed by atoms with van der Waals surface area (Å²) in [4.78, 5) is 12.1. The van der Waals surface area contributed by atoms with Crippen molar-refractivity contribution >= 4 is 63.3 Å². The van der Waals surface area contributed by atoms with Gasteiger partial charge in [0.25, 0.3) is 5.91 Å². The number of hydrogen-bond acceptors (Lipinski definition) is 3. The van der Waals surface area contributed by atoms with Crippen LogP contribution in [0.3, 0.4) is 0 Å². The number of benzene rings is 1. The van der Waals surface area contributed by atoms with Gasteiger partial charge in [-0.1, -0.05) is 35.4 Å². The Bertz CT molecular complexity index is 703. The number of hydrogen-bond donors (Lipinski definition) is 2. The molecule has 0 saturated heterocycles. The second kappa shape index (κ2) is 6.05. The van der Waals surface area contributed by atoms with Gasteiger partial charge in [0.1, 0.15) is 15.1 Å². The molecule has 1 amide bonds. The van der Waals surface area contributed by atoms with Crippen molar-refractivity contribution in [1.82, 2.24) is 0 Å². The normalized spacial score (nSPS) is 10.3. The third kappa shape index (κ3) is 3.27. The van der Waals surface area contributed by atoms with Crippen LogP contribution in [0.1, 0.15) is 15.9 Å². The molecule has 0 unspecified atom stereocenters. The fourth-order valence-electron chi connectivity index (χ4n) is 1.51. The molecule has 0 aliphatic rings. The van der Waals surface area contributed by atoms with E-state index in [-0.39, 0.29) is 20.5 Å². The van der Waals surface area contributed by atoms with Gasteiger partial charge < -0.3 is 11.1 Å². The van der Waals surface area contributed by atoms with E-state index in [2.05, 4.69) is 5.32 Å². The Hall–Kier alpha value is -1.21. The average molecular weight is 349 g/mol. The van der Waals surface area contributed by atoms with Gasteiger partial charge in [-0.15, -0.1) is 11.3 Å². The molecule has 0 spiro atoms. The van der Waals surface area contributed by atoms with Gasteiger partial charge in [-0.25, -0.2) is 4.39 Å². The fourth-order valence-corrected chi connectivity index (χ4v) is 3.14. The molecule has 1 heterocycles. The van der Waals surface area contributed by atoms with Gasteiger partial charge in [0.15, 0.2) is 0 Å². The van der Waals surface area contributed by atoms with Gasteiger partial charge in [0.05, 0.1) is 15.6 Å². The Labute approximate surface area is 133 Å². The van der Waals surface area contributed by atoms with E-state index in [1.54, 1.807) is 0 Å². The molecule has 0 radical (unpaired) electrons. The molecule has 0 fully saturated rings. The minimum absolute atomic E-state index is 0.0192. The smallest absolute Gasteiger partial charge is 0.258 e. The highest BCUT2D eigenvalue weighted by Gasteiger charge is 2.16. The highest BCUT2D eigenvalue weighted by Crippen LogP contribution is 2.31. The number of carbonyl (C=O) groups is 1. The summed E-state index contributed by atoms with van der Waals surface area (Å²) >= 11 is 17.6. The summed E-state index contributed by atoms with van der Waals surface area (Å²) in [6, 6.07) is 5.18. The van der Waals surface area contributed by atoms with Crippen molar-refractivity contribution < 1.29 is 9.18 Å². The van der Waals surface area contributed by atoms with Crippen LogP contribution in [0.4, 0.5) is 10.1 Å². The Kier molecular flexibility index (Phi) is 4.59. The maximum Gasteiger partial charge on any atom is 0.258 e. The number of amides is 1. The number of nitrogens with one attached hydrogen (secondary N) is 1. The number of thiophene rings is 1. The molecule has 2 rings (SSSR count). The quantitative estimate of drug-likeness (QED) is 0.821. The zero-order chi connectivity index (χ0) is 14.9. The molecule has 0 saturated carbocycles. The van der Waals surface area contributed by atoms with Crippen molar-refractivity contribution in [3.8, 4) is 0 Å². The number of rotatable bonds is 3. The molecule has 0 bridgehead atoms. The van der Waals surface area contributed by atoms with Crippen molar-refractivity contribution in [2.45, 2.75) is 0 Å². The summed E-state index contributed by atoms with van der Waals surface area (Å²) in [6.07, 6.45) is 0. The van der Waals surface area contributed by atoms with Gasteiger partial charge in [-0.05, 0) is 24.3 Å². The summed E-state index contributed by atoms with van der Waals surface area (Å²) in [5.74, 6) is -0.968. The van der Waals surface area contributed by atoms with E-state index >= 15 is 0 Å². The third-order valence-corrected chi connectivity index (χ3v) is 4.10. The monoisotopic (exact) mass is 348 g/mol. The van der Waals surface area contributed by atoms with Crippen LogP contribution in [0.2, 0.25) is 8.67 Å². The molecular weight excluding hydrogens is 342 g/mol. The zero-order valence-electron chi connectivity index (χ0n) is 9.75. The molecule has 104 valence electrons. The lowest BCUT2D eigenvalue weighted by atomic mass is 10.1. The van der Waals surface area contributed by atoms with Gasteiger partial charge in [0.2, 0.25) is 0 Å². The highest BCUT2D eigenvalue weighted by atomic mass is 35.5. The van der Waals surface area contributed by atoms with Crippen LogP contribution >= 0.6 is 46.8 Å². The number of halogens is 3. The molecule has 20 heavy (non-hydrogen) atoms. The van der Waals surface area contributed by atoms with E-state index in [0.717, 1.165) is 17.4 Å². The Morgan fingerprint density at radius 3 is 2.55 bits per heavy atom. The summed E-state index contributed by atoms with van der Waals surface area (Å²) < 4.78 is 13.8. The lowest BCUT2D eigenvalue weighted by Gasteiger charge is -2.09. The van der Waals surface area contributed by atoms with Gasteiger partial charge in [-0.3, -0.25) is 4.79 Å². The Morgan fingerprint density at radius 2 is 2.00 bits per heavy atom. The number of nitrogens with two attached hydrogens (primary N) is 1. The van der Waals surface area contributed by atoms with Crippen LogP contribution in [-0.4, -0.2) is 10.9 Å². The van der Waals surface area contributed by atoms with Gasteiger partial charge >= 0.3 is 0 Å². The van der Waals surface area contributed by atoms with Gasteiger partial charge in [-0.2, -0.15) is 0 Å². The van der Waals surface area contributed by atoms with Crippen LogP contribution < -0.4 is 11.1 Å². The van der Waals surface area contributed by atoms with Crippen LogP contribution in [0.15, 0.2) is 24.3 Å². The largest absolute Gasteiger partial charge is 0.389 e. The number of thiocarbonyl (C=S) groups is 1. The Balaban J connectivity index is 2.33. The van der Waals surface area contributed by atoms with Crippen molar-refractivity contribution in [3.63, 3.8) is 0 Å². The topological polar surface area (TPSA) is 55.1 Å².